The van der Waals surface area contributed by atoms with E-state index in [4.69, 9.17) is 34.8 Å². The maximum atomic E-state index is 6.42. The molecule has 1 aliphatic carbocycles. The molecule has 0 amide bonds. The summed E-state index contributed by atoms with van der Waals surface area (Å²) >= 11 is 18.8. The van der Waals surface area contributed by atoms with E-state index in [-0.39, 0.29) is 6.04 Å². The smallest absolute Gasteiger partial charge is 0.0655 e. The number of benzene rings is 2. The van der Waals surface area contributed by atoms with Gasteiger partial charge in [-0.05, 0) is 47.7 Å². The van der Waals surface area contributed by atoms with E-state index < -0.39 is 0 Å². The molecular formula is C18H14Cl3N. The molecule has 1 heterocycles. The largest absolute Gasteiger partial charge is 0.376 e. The first-order valence-corrected chi connectivity index (χ1v) is 8.44. The van der Waals surface area contributed by atoms with Gasteiger partial charge in [-0.1, -0.05) is 59.1 Å². The summed E-state index contributed by atoms with van der Waals surface area (Å²) in [4.78, 5) is 0. The number of fused-ring (bicyclic) bond motifs is 3. The van der Waals surface area contributed by atoms with Crippen molar-refractivity contribution in [3.05, 3.63) is 74.7 Å². The highest BCUT2D eigenvalue weighted by Gasteiger charge is 2.38. The van der Waals surface area contributed by atoms with Gasteiger partial charge in [0, 0.05) is 16.0 Å². The number of hydrogen-bond donors (Lipinski definition) is 1. The average molecular weight is 351 g/mol. The molecule has 0 bridgehead atoms. The Morgan fingerprint density at radius 1 is 1.00 bits per heavy atom. The lowest BCUT2D eigenvalue weighted by Crippen LogP contribution is -2.29. The minimum atomic E-state index is 0.199. The van der Waals surface area contributed by atoms with Gasteiger partial charge < -0.3 is 5.32 Å². The van der Waals surface area contributed by atoms with Gasteiger partial charge in [0.15, 0.2) is 0 Å². The zero-order valence-corrected chi connectivity index (χ0v) is 14.0. The summed E-state index contributed by atoms with van der Waals surface area (Å²) in [5, 5.41) is 5.74. The third-order valence-corrected chi connectivity index (χ3v) is 5.34. The van der Waals surface area contributed by atoms with Crippen LogP contribution in [0, 0.1) is 5.92 Å². The lowest BCUT2D eigenvalue weighted by molar-refractivity contribution is 0.425. The predicted molar refractivity (Wildman–Crippen MR) is 94.3 cm³/mol. The Morgan fingerprint density at radius 3 is 2.68 bits per heavy atom. The van der Waals surface area contributed by atoms with Crippen molar-refractivity contribution < 1.29 is 0 Å². The fraction of sp³-hybridized carbons (Fsp3) is 0.222. The summed E-state index contributed by atoms with van der Waals surface area (Å²) in [5.74, 6) is 0.803. The average Bonchev–Trinajstić information content (AvgIpc) is 2.96. The van der Waals surface area contributed by atoms with Gasteiger partial charge in [-0.25, -0.2) is 0 Å². The molecule has 1 N–H and O–H groups in total. The Morgan fingerprint density at radius 2 is 1.86 bits per heavy atom. The van der Waals surface area contributed by atoms with E-state index in [2.05, 4.69) is 23.5 Å². The van der Waals surface area contributed by atoms with Gasteiger partial charge in [-0.15, -0.1) is 0 Å². The highest BCUT2D eigenvalue weighted by Crippen LogP contribution is 2.52. The number of anilines is 1. The van der Waals surface area contributed by atoms with Crippen LogP contribution >= 0.6 is 34.8 Å². The maximum absolute atomic E-state index is 6.42. The molecule has 112 valence electrons. The van der Waals surface area contributed by atoms with Crippen LogP contribution in [0.4, 0.5) is 5.69 Å². The van der Waals surface area contributed by atoms with E-state index in [0.29, 0.717) is 21.9 Å². The molecule has 4 heteroatoms. The normalized spacial score (nSPS) is 25.5. The summed E-state index contributed by atoms with van der Waals surface area (Å²) in [6.07, 6.45) is 5.56. The van der Waals surface area contributed by atoms with E-state index in [1.807, 2.05) is 24.3 Å². The summed E-state index contributed by atoms with van der Waals surface area (Å²) < 4.78 is 0. The number of allylic oxidation sites excluding steroid dienone is 2. The second kappa shape index (κ2) is 5.49. The van der Waals surface area contributed by atoms with Gasteiger partial charge in [0.25, 0.3) is 0 Å². The second-order valence-corrected chi connectivity index (χ2v) is 7.16. The number of hydrogen-bond acceptors (Lipinski definition) is 1. The van der Waals surface area contributed by atoms with Crippen LogP contribution in [0.3, 0.4) is 0 Å². The third kappa shape index (κ3) is 2.32. The highest BCUT2D eigenvalue weighted by atomic mass is 35.5. The molecule has 0 aromatic heterocycles. The van der Waals surface area contributed by atoms with E-state index in [0.717, 1.165) is 17.1 Å². The Kier molecular flexibility index (Phi) is 3.60. The Bertz CT molecular complexity index is 769. The van der Waals surface area contributed by atoms with Crippen molar-refractivity contribution in [2.75, 3.05) is 5.32 Å². The van der Waals surface area contributed by atoms with Crippen LogP contribution in [0.25, 0.3) is 0 Å². The van der Waals surface area contributed by atoms with Crippen molar-refractivity contribution >= 4 is 40.5 Å². The first-order valence-electron chi connectivity index (χ1n) is 7.31. The fourth-order valence-corrected chi connectivity index (χ4v) is 4.41. The van der Waals surface area contributed by atoms with Gasteiger partial charge in [0.1, 0.15) is 0 Å². The molecule has 2 aromatic carbocycles. The SMILES string of the molecule is Clc1cccc([C@@H]2Nc3c(Cl)cc(Cl)cc3[C@@H]3C=CC[C@@H]32)c1. The van der Waals surface area contributed by atoms with Crippen LogP contribution in [0.2, 0.25) is 15.1 Å². The molecule has 0 unspecified atom stereocenters. The first kappa shape index (κ1) is 14.4. The summed E-state index contributed by atoms with van der Waals surface area (Å²) in [7, 11) is 0. The van der Waals surface area contributed by atoms with Crippen LogP contribution in [-0.4, -0.2) is 0 Å². The van der Waals surface area contributed by atoms with Crippen LogP contribution < -0.4 is 5.32 Å². The van der Waals surface area contributed by atoms with Gasteiger partial charge in [0.05, 0.1) is 16.8 Å². The minimum absolute atomic E-state index is 0.199. The predicted octanol–water partition coefficient (Wildman–Crippen LogP) is 6.47. The third-order valence-electron chi connectivity index (χ3n) is 4.59. The number of nitrogens with one attached hydrogen (secondary N) is 1. The summed E-state index contributed by atoms with van der Waals surface area (Å²) in [6.45, 7) is 0. The summed E-state index contributed by atoms with van der Waals surface area (Å²) in [6, 6.07) is 12.1. The Labute approximate surface area is 144 Å². The van der Waals surface area contributed by atoms with Crippen molar-refractivity contribution in [1.29, 1.82) is 0 Å². The monoisotopic (exact) mass is 349 g/mol. The molecule has 0 saturated carbocycles. The van der Waals surface area contributed by atoms with Crippen LogP contribution in [-0.2, 0) is 0 Å². The summed E-state index contributed by atoms with van der Waals surface area (Å²) in [5.41, 5.74) is 3.38. The topological polar surface area (TPSA) is 12.0 Å². The second-order valence-electron chi connectivity index (χ2n) is 5.88. The van der Waals surface area contributed by atoms with E-state index in [9.17, 15) is 0 Å². The van der Waals surface area contributed by atoms with Gasteiger partial charge in [-0.3, -0.25) is 0 Å². The molecule has 3 atom stereocenters. The molecule has 2 aliphatic rings. The molecular weight excluding hydrogens is 337 g/mol. The van der Waals surface area contributed by atoms with Crippen molar-refractivity contribution in [1.82, 2.24) is 0 Å². The molecule has 2 aromatic rings. The Balaban J connectivity index is 1.84. The molecule has 0 fully saturated rings. The van der Waals surface area contributed by atoms with Crippen LogP contribution in [0.5, 0.6) is 0 Å². The molecule has 4 rings (SSSR count). The standard InChI is InChI=1S/C18H14Cl3N/c19-11-4-1-3-10(7-11)17-14-6-2-5-13(14)15-8-12(20)9-16(21)18(15)22-17/h1-5,7-9,13-14,17,22H,6H2/t13-,14+,17+/m1/s1. The molecule has 0 radical (unpaired) electrons. The molecule has 0 saturated heterocycles. The van der Waals surface area contributed by atoms with Crippen molar-refractivity contribution in [2.24, 2.45) is 5.92 Å². The first-order chi connectivity index (χ1) is 10.6. The van der Waals surface area contributed by atoms with Gasteiger partial charge >= 0.3 is 0 Å². The van der Waals surface area contributed by atoms with E-state index in [1.165, 1.54) is 11.1 Å². The minimum Gasteiger partial charge on any atom is -0.376 e. The number of halogens is 3. The quantitative estimate of drug-likeness (QED) is 0.581. The van der Waals surface area contributed by atoms with Crippen molar-refractivity contribution in [2.45, 2.75) is 18.4 Å². The van der Waals surface area contributed by atoms with E-state index >= 15 is 0 Å². The molecule has 1 aliphatic heterocycles. The van der Waals surface area contributed by atoms with Crippen molar-refractivity contribution in [3.63, 3.8) is 0 Å². The Hall–Kier alpha value is -1.15. The molecule has 0 spiro atoms. The lowest BCUT2D eigenvalue weighted by atomic mass is 9.77. The fourth-order valence-electron chi connectivity index (χ4n) is 3.65. The molecule has 1 nitrogen and oxygen atoms in total. The lowest BCUT2D eigenvalue weighted by Gasteiger charge is -2.38. The van der Waals surface area contributed by atoms with E-state index in [1.54, 1.807) is 6.07 Å². The van der Waals surface area contributed by atoms with Gasteiger partial charge in [0.2, 0.25) is 0 Å². The zero-order chi connectivity index (χ0) is 15.3. The van der Waals surface area contributed by atoms with Crippen molar-refractivity contribution in [3.8, 4) is 0 Å². The van der Waals surface area contributed by atoms with Gasteiger partial charge in [-0.2, -0.15) is 0 Å². The zero-order valence-electron chi connectivity index (χ0n) is 11.7. The van der Waals surface area contributed by atoms with Crippen LogP contribution in [0.15, 0.2) is 48.6 Å². The maximum Gasteiger partial charge on any atom is 0.0655 e. The van der Waals surface area contributed by atoms with Crippen LogP contribution in [0.1, 0.15) is 29.5 Å². The highest BCUT2D eigenvalue weighted by molar-refractivity contribution is 6.36. The number of rotatable bonds is 1. The molecule has 22 heavy (non-hydrogen) atoms.